The molecule has 1 saturated heterocycles. The van der Waals surface area contributed by atoms with Crippen molar-refractivity contribution in [1.82, 2.24) is 5.32 Å². The van der Waals surface area contributed by atoms with Crippen molar-refractivity contribution in [2.75, 3.05) is 24.5 Å². The molecule has 1 aromatic carbocycles. The lowest BCUT2D eigenvalue weighted by Gasteiger charge is -2.33. The topological polar surface area (TPSA) is 58.4 Å². The third kappa shape index (κ3) is 2.52. The van der Waals surface area contributed by atoms with Crippen LogP contribution in [-0.4, -0.2) is 30.6 Å². The van der Waals surface area contributed by atoms with Gasteiger partial charge in [0.1, 0.15) is 11.5 Å². The third-order valence-corrected chi connectivity index (χ3v) is 2.84. The number of nitrogens with one attached hydrogen (secondary N) is 1. The second-order valence-corrected chi connectivity index (χ2v) is 4.19. The van der Waals surface area contributed by atoms with E-state index in [9.17, 15) is 14.5 Å². The van der Waals surface area contributed by atoms with E-state index in [0.717, 1.165) is 12.6 Å². The Kier molecular flexibility index (Phi) is 3.23. The summed E-state index contributed by atoms with van der Waals surface area (Å²) in [5.41, 5.74) is 0.323. The predicted octanol–water partition coefficient (Wildman–Crippen LogP) is 1.53. The van der Waals surface area contributed by atoms with E-state index in [4.69, 9.17) is 0 Å². The molecule has 1 N–H and O–H groups in total. The fourth-order valence-corrected chi connectivity index (χ4v) is 2.06. The summed E-state index contributed by atoms with van der Waals surface area (Å²) in [5.74, 6) is -0.580. The summed E-state index contributed by atoms with van der Waals surface area (Å²) in [5, 5.41) is 14.2. The summed E-state index contributed by atoms with van der Waals surface area (Å²) >= 11 is 0. The number of nitro groups is 1. The van der Waals surface area contributed by atoms with Gasteiger partial charge in [0.25, 0.3) is 5.69 Å². The van der Waals surface area contributed by atoms with Crippen molar-refractivity contribution >= 4 is 11.4 Å². The summed E-state index contributed by atoms with van der Waals surface area (Å²) in [4.78, 5) is 12.3. The van der Waals surface area contributed by atoms with Crippen LogP contribution in [0.3, 0.4) is 0 Å². The Morgan fingerprint density at radius 3 is 3.00 bits per heavy atom. The number of anilines is 1. The highest BCUT2D eigenvalue weighted by Crippen LogP contribution is 2.29. The Bertz CT molecular complexity index is 439. The minimum atomic E-state index is -0.580. The first-order valence-corrected chi connectivity index (χ1v) is 5.50. The smallest absolute Gasteiger partial charge is 0.295 e. The molecule has 1 aromatic rings. The Labute approximate surface area is 98.4 Å². The van der Waals surface area contributed by atoms with Gasteiger partial charge in [-0.25, -0.2) is 4.39 Å². The molecule has 0 spiro atoms. The highest BCUT2D eigenvalue weighted by molar-refractivity contribution is 5.63. The summed E-state index contributed by atoms with van der Waals surface area (Å²) in [6.07, 6.45) is 0. The maximum Gasteiger partial charge on any atom is 0.295 e. The van der Waals surface area contributed by atoms with E-state index in [1.807, 2.05) is 11.8 Å². The lowest BCUT2D eigenvalue weighted by atomic mass is 10.2. The van der Waals surface area contributed by atoms with Gasteiger partial charge in [0.15, 0.2) is 0 Å². The second kappa shape index (κ2) is 4.67. The molecule has 0 aromatic heterocycles. The number of nitro benzene ring substituents is 1. The molecule has 0 amide bonds. The van der Waals surface area contributed by atoms with Crippen LogP contribution in [0.1, 0.15) is 6.92 Å². The molecule has 1 aliphatic heterocycles. The summed E-state index contributed by atoms with van der Waals surface area (Å²) in [7, 11) is 0. The maximum atomic E-state index is 13.0. The SMILES string of the molecule is C[C@@H]1CN(c2ccc(F)cc2[N+](=O)[O-])CCN1. The van der Waals surface area contributed by atoms with E-state index in [-0.39, 0.29) is 11.7 Å². The van der Waals surface area contributed by atoms with Gasteiger partial charge in [-0.05, 0) is 19.1 Å². The minimum Gasteiger partial charge on any atom is -0.363 e. The zero-order chi connectivity index (χ0) is 12.4. The number of nitrogens with zero attached hydrogens (tertiary/aromatic N) is 2. The highest BCUT2D eigenvalue weighted by Gasteiger charge is 2.23. The molecule has 0 radical (unpaired) electrons. The number of halogens is 1. The number of hydrogen-bond donors (Lipinski definition) is 1. The standard InChI is InChI=1S/C11H14FN3O2/c1-8-7-14(5-4-13-8)10-3-2-9(12)6-11(10)15(16)17/h2-3,6,8,13H,4-5,7H2,1H3/t8-/m1/s1. The molecule has 0 bridgehead atoms. The largest absolute Gasteiger partial charge is 0.363 e. The van der Waals surface area contributed by atoms with Crippen LogP contribution in [0.15, 0.2) is 18.2 Å². The lowest BCUT2D eigenvalue weighted by molar-refractivity contribution is -0.384. The first-order valence-electron chi connectivity index (χ1n) is 5.50. The maximum absolute atomic E-state index is 13.0. The Morgan fingerprint density at radius 1 is 1.59 bits per heavy atom. The van der Waals surface area contributed by atoms with Crippen LogP contribution in [0.4, 0.5) is 15.8 Å². The van der Waals surface area contributed by atoms with E-state index in [2.05, 4.69) is 5.32 Å². The van der Waals surface area contributed by atoms with Crippen molar-refractivity contribution in [1.29, 1.82) is 0 Å². The van der Waals surface area contributed by atoms with Gasteiger partial charge >= 0.3 is 0 Å². The van der Waals surface area contributed by atoms with E-state index in [1.54, 1.807) is 0 Å². The Morgan fingerprint density at radius 2 is 2.35 bits per heavy atom. The normalized spacial score (nSPS) is 20.4. The molecule has 1 fully saturated rings. The molecule has 1 heterocycles. The fourth-order valence-electron chi connectivity index (χ4n) is 2.06. The van der Waals surface area contributed by atoms with Gasteiger partial charge in [-0.15, -0.1) is 0 Å². The zero-order valence-electron chi connectivity index (χ0n) is 9.52. The average molecular weight is 239 g/mol. The lowest BCUT2D eigenvalue weighted by Crippen LogP contribution is -2.49. The van der Waals surface area contributed by atoms with Crippen LogP contribution in [-0.2, 0) is 0 Å². The van der Waals surface area contributed by atoms with Gasteiger partial charge in [-0.3, -0.25) is 10.1 Å². The molecule has 2 rings (SSSR count). The molecule has 17 heavy (non-hydrogen) atoms. The first kappa shape index (κ1) is 11.8. The summed E-state index contributed by atoms with van der Waals surface area (Å²) in [6, 6.07) is 3.98. The zero-order valence-corrected chi connectivity index (χ0v) is 9.52. The van der Waals surface area contributed by atoms with E-state index in [1.165, 1.54) is 12.1 Å². The fraction of sp³-hybridized carbons (Fsp3) is 0.455. The molecular weight excluding hydrogens is 225 g/mol. The van der Waals surface area contributed by atoms with Crippen LogP contribution >= 0.6 is 0 Å². The van der Waals surface area contributed by atoms with E-state index >= 15 is 0 Å². The van der Waals surface area contributed by atoms with Crippen LogP contribution < -0.4 is 10.2 Å². The van der Waals surface area contributed by atoms with Crippen molar-refractivity contribution in [3.8, 4) is 0 Å². The monoisotopic (exact) mass is 239 g/mol. The van der Waals surface area contributed by atoms with Crippen LogP contribution in [0.5, 0.6) is 0 Å². The molecule has 1 atom stereocenters. The van der Waals surface area contributed by atoms with Gasteiger partial charge in [-0.2, -0.15) is 0 Å². The predicted molar refractivity (Wildman–Crippen MR) is 62.7 cm³/mol. The summed E-state index contributed by atoms with van der Waals surface area (Å²) in [6.45, 7) is 4.17. The Balaban J connectivity index is 2.33. The van der Waals surface area contributed by atoms with Crippen molar-refractivity contribution in [2.45, 2.75) is 13.0 Å². The second-order valence-electron chi connectivity index (χ2n) is 4.19. The van der Waals surface area contributed by atoms with Crippen molar-refractivity contribution < 1.29 is 9.31 Å². The van der Waals surface area contributed by atoms with Crippen LogP contribution in [0, 0.1) is 15.9 Å². The Hall–Kier alpha value is -1.69. The molecule has 0 aliphatic carbocycles. The van der Waals surface area contributed by atoms with Gasteiger partial charge in [-0.1, -0.05) is 0 Å². The average Bonchev–Trinajstić information content (AvgIpc) is 2.28. The van der Waals surface area contributed by atoms with Crippen molar-refractivity contribution in [2.24, 2.45) is 0 Å². The van der Waals surface area contributed by atoms with Gasteiger partial charge in [0, 0.05) is 25.7 Å². The molecular formula is C11H14FN3O2. The molecule has 5 nitrogen and oxygen atoms in total. The first-order chi connectivity index (χ1) is 8.08. The van der Waals surface area contributed by atoms with Crippen LogP contribution in [0.2, 0.25) is 0 Å². The highest BCUT2D eigenvalue weighted by atomic mass is 19.1. The quantitative estimate of drug-likeness (QED) is 0.628. The van der Waals surface area contributed by atoms with Crippen molar-refractivity contribution in [3.63, 3.8) is 0 Å². The van der Waals surface area contributed by atoms with Gasteiger partial charge < -0.3 is 10.2 Å². The molecule has 6 heteroatoms. The molecule has 92 valence electrons. The van der Waals surface area contributed by atoms with E-state index < -0.39 is 10.7 Å². The number of benzene rings is 1. The van der Waals surface area contributed by atoms with Gasteiger partial charge in [0.05, 0.1) is 11.0 Å². The van der Waals surface area contributed by atoms with Gasteiger partial charge in [0.2, 0.25) is 0 Å². The van der Waals surface area contributed by atoms with Crippen LogP contribution in [0.25, 0.3) is 0 Å². The number of piperazine rings is 1. The molecule has 0 unspecified atom stereocenters. The summed E-state index contributed by atoms with van der Waals surface area (Å²) < 4.78 is 13.0. The molecule has 0 saturated carbocycles. The third-order valence-electron chi connectivity index (χ3n) is 2.84. The van der Waals surface area contributed by atoms with E-state index in [0.29, 0.717) is 18.8 Å². The number of hydrogen-bond acceptors (Lipinski definition) is 4. The molecule has 1 aliphatic rings. The number of rotatable bonds is 2. The van der Waals surface area contributed by atoms with Crippen molar-refractivity contribution in [3.05, 3.63) is 34.1 Å². The minimum absolute atomic E-state index is 0.167.